The molecule has 0 spiro atoms. The smallest absolute Gasteiger partial charge is 0.297 e. The Balaban J connectivity index is 1.23. The van der Waals surface area contributed by atoms with Gasteiger partial charge in [-0.3, -0.25) is 24.5 Å². The number of phenolic OH excluding ortho intramolecular Hbond substituents is 1. The van der Waals surface area contributed by atoms with Crippen molar-refractivity contribution >= 4 is 29.2 Å². The number of carbonyl (C=O) groups is 4. The number of hydrogen-bond acceptors (Lipinski definition) is 9. The number of nitrogens with one attached hydrogen (secondary N) is 3. The molecule has 0 aliphatic carbocycles. The number of carbonyl (C=O) groups excluding carboxylic acids is 4. The first-order valence-corrected chi connectivity index (χ1v) is 12.4. The van der Waals surface area contributed by atoms with Crippen molar-refractivity contribution in [3.63, 3.8) is 0 Å². The van der Waals surface area contributed by atoms with E-state index in [9.17, 15) is 24.3 Å². The number of imide groups is 1. The fourth-order valence-corrected chi connectivity index (χ4v) is 3.76. The molecule has 0 aliphatic rings. The molecule has 3 amide bonds. The van der Waals surface area contributed by atoms with Crippen LogP contribution in [0.4, 0.5) is 5.69 Å². The molecular weight excluding hydrogens is 516 g/mol. The van der Waals surface area contributed by atoms with Gasteiger partial charge in [0.25, 0.3) is 17.6 Å². The number of ketones is 1. The Morgan fingerprint density at radius 3 is 2.38 bits per heavy atom. The zero-order chi connectivity index (χ0) is 28.3. The van der Waals surface area contributed by atoms with Crippen LogP contribution in [-0.2, 0) is 11.2 Å². The van der Waals surface area contributed by atoms with Gasteiger partial charge in [0.15, 0.2) is 5.78 Å². The number of H-pyrrole nitrogens is 1. The lowest BCUT2D eigenvalue weighted by Crippen LogP contribution is -2.32. The zero-order valence-corrected chi connectivity index (χ0v) is 21.3. The molecule has 0 saturated carbocycles. The van der Waals surface area contributed by atoms with E-state index in [-0.39, 0.29) is 22.6 Å². The number of aryl methyl sites for hydroxylation is 1. The van der Waals surface area contributed by atoms with Gasteiger partial charge < -0.3 is 15.2 Å². The van der Waals surface area contributed by atoms with Crippen LogP contribution >= 0.6 is 0 Å². The van der Waals surface area contributed by atoms with Crippen molar-refractivity contribution in [2.45, 2.75) is 25.7 Å². The largest absolute Gasteiger partial charge is 0.505 e. The number of aromatic amines is 1. The minimum absolute atomic E-state index is 0.0874. The van der Waals surface area contributed by atoms with Crippen LogP contribution in [0.25, 0.3) is 0 Å². The second kappa shape index (κ2) is 13.4. The SMILES string of the molecule is O=C(CC(=O)c1cccc(NC(=O)c2nn[nH]n2)c1O)NC(=O)c1ccc(OCCCCc2ccccc2)cc1. The van der Waals surface area contributed by atoms with Crippen LogP contribution in [-0.4, -0.2) is 55.8 Å². The highest BCUT2D eigenvalue weighted by Crippen LogP contribution is 2.28. The monoisotopic (exact) mass is 542 g/mol. The molecule has 0 bridgehead atoms. The summed E-state index contributed by atoms with van der Waals surface area (Å²) in [6, 6.07) is 20.6. The number of nitrogens with zero attached hydrogens (tertiary/aromatic N) is 3. The average Bonchev–Trinajstić information content (AvgIpc) is 3.50. The third-order valence-electron chi connectivity index (χ3n) is 5.79. The van der Waals surface area contributed by atoms with Crippen molar-refractivity contribution in [2.75, 3.05) is 11.9 Å². The maximum atomic E-state index is 12.6. The molecule has 1 aromatic heterocycles. The molecule has 4 N–H and O–H groups in total. The van der Waals surface area contributed by atoms with Crippen LogP contribution in [0, 0.1) is 0 Å². The van der Waals surface area contributed by atoms with Gasteiger partial charge in [0.1, 0.15) is 11.5 Å². The van der Waals surface area contributed by atoms with Crippen molar-refractivity contribution in [3.8, 4) is 11.5 Å². The van der Waals surface area contributed by atoms with Crippen LogP contribution in [0.5, 0.6) is 11.5 Å². The number of ether oxygens (including phenoxy) is 1. The van der Waals surface area contributed by atoms with E-state index in [2.05, 4.69) is 43.4 Å². The number of rotatable bonds is 12. The second-order valence-electron chi connectivity index (χ2n) is 8.68. The number of unbranched alkanes of at least 4 members (excludes halogenated alkanes) is 1. The van der Waals surface area contributed by atoms with E-state index in [1.807, 2.05) is 18.2 Å². The molecule has 4 aromatic rings. The number of tetrazole rings is 1. The first-order valence-electron chi connectivity index (χ1n) is 12.4. The lowest BCUT2D eigenvalue weighted by atomic mass is 10.1. The Labute approximate surface area is 228 Å². The Morgan fingerprint density at radius 2 is 1.65 bits per heavy atom. The van der Waals surface area contributed by atoms with Gasteiger partial charge in [-0.05, 0) is 66.4 Å². The van der Waals surface area contributed by atoms with Crippen molar-refractivity contribution < 1.29 is 29.0 Å². The number of aromatic nitrogens is 4. The maximum Gasteiger partial charge on any atom is 0.297 e. The highest BCUT2D eigenvalue weighted by Gasteiger charge is 2.21. The molecule has 0 radical (unpaired) electrons. The topological polar surface area (TPSA) is 176 Å². The highest BCUT2D eigenvalue weighted by atomic mass is 16.5. The molecule has 4 rings (SSSR count). The molecule has 0 fully saturated rings. The van der Waals surface area contributed by atoms with Gasteiger partial charge in [-0.2, -0.15) is 5.21 Å². The fourth-order valence-electron chi connectivity index (χ4n) is 3.76. The summed E-state index contributed by atoms with van der Waals surface area (Å²) in [5.41, 5.74) is 1.20. The fraction of sp³-hybridized carbons (Fsp3) is 0.179. The first-order chi connectivity index (χ1) is 19.4. The van der Waals surface area contributed by atoms with Gasteiger partial charge in [0, 0.05) is 5.56 Å². The second-order valence-corrected chi connectivity index (χ2v) is 8.68. The molecule has 3 aromatic carbocycles. The summed E-state index contributed by atoms with van der Waals surface area (Å²) in [4.78, 5) is 49.6. The summed E-state index contributed by atoms with van der Waals surface area (Å²) in [6.45, 7) is 0.536. The minimum atomic E-state index is -0.852. The molecule has 0 unspecified atom stereocenters. The first kappa shape index (κ1) is 27.6. The molecule has 204 valence electrons. The summed E-state index contributed by atoms with van der Waals surface area (Å²) in [7, 11) is 0. The van der Waals surface area contributed by atoms with Gasteiger partial charge in [0.2, 0.25) is 5.91 Å². The Morgan fingerprint density at radius 1 is 0.875 bits per heavy atom. The van der Waals surface area contributed by atoms with Crippen molar-refractivity contribution in [2.24, 2.45) is 0 Å². The predicted octanol–water partition coefficient (Wildman–Crippen LogP) is 3.09. The van der Waals surface area contributed by atoms with Crippen LogP contribution in [0.15, 0.2) is 72.8 Å². The van der Waals surface area contributed by atoms with Crippen LogP contribution in [0.3, 0.4) is 0 Å². The standard InChI is InChI=1S/C28H26N6O6/c35-23(21-10-6-11-22(25(21)37)29-28(39)26-31-33-34-32-26)17-24(36)30-27(38)19-12-14-20(15-13-19)40-16-5-4-9-18-7-2-1-3-8-18/h1-3,6-8,10-15,37H,4-5,9,16-17H2,(H,29,39)(H,30,36,38)(H,31,32,33,34). The molecular formula is C28H26N6O6. The summed E-state index contributed by atoms with van der Waals surface area (Å²) in [5.74, 6) is -3.27. The lowest BCUT2D eigenvalue weighted by molar-refractivity contribution is -0.119. The van der Waals surface area contributed by atoms with Gasteiger partial charge in [-0.1, -0.05) is 36.4 Å². The van der Waals surface area contributed by atoms with Gasteiger partial charge in [-0.15, -0.1) is 10.2 Å². The Hall–Kier alpha value is -5.39. The molecule has 40 heavy (non-hydrogen) atoms. The summed E-state index contributed by atoms with van der Waals surface area (Å²) < 4.78 is 5.72. The summed E-state index contributed by atoms with van der Waals surface area (Å²) in [5, 5.41) is 27.4. The number of hydrogen-bond donors (Lipinski definition) is 4. The maximum absolute atomic E-state index is 12.6. The van der Waals surface area contributed by atoms with E-state index >= 15 is 0 Å². The van der Waals surface area contributed by atoms with Crippen LogP contribution in [0.1, 0.15) is 56.2 Å². The van der Waals surface area contributed by atoms with Crippen molar-refractivity contribution in [1.82, 2.24) is 25.9 Å². The number of benzene rings is 3. The predicted molar refractivity (Wildman–Crippen MR) is 143 cm³/mol. The third kappa shape index (κ3) is 7.57. The lowest BCUT2D eigenvalue weighted by Gasteiger charge is -2.10. The highest BCUT2D eigenvalue weighted by molar-refractivity contribution is 6.15. The van der Waals surface area contributed by atoms with Crippen molar-refractivity contribution in [1.29, 1.82) is 0 Å². The Bertz CT molecular complexity index is 1470. The van der Waals surface area contributed by atoms with Gasteiger partial charge >= 0.3 is 0 Å². The van der Waals surface area contributed by atoms with E-state index in [1.165, 1.54) is 35.9 Å². The van der Waals surface area contributed by atoms with Crippen molar-refractivity contribution in [3.05, 3.63) is 95.3 Å². The van der Waals surface area contributed by atoms with E-state index in [1.54, 1.807) is 12.1 Å². The summed E-state index contributed by atoms with van der Waals surface area (Å²) in [6.07, 6.45) is 2.14. The summed E-state index contributed by atoms with van der Waals surface area (Å²) >= 11 is 0. The molecule has 0 atom stereocenters. The normalized spacial score (nSPS) is 10.5. The molecule has 1 heterocycles. The number of Topliss-reactive ketones (excluding diaryl/α,β-unsaturated/α-hetero) is 1. The van der Waals surface area contributed by atoms with E-state index < -0.39 is 35.7 Å². The van der Waals surface area contributed by atoms with E-state index in [0.717, 1.165) is 19.3 Å². The molecule has 12 nitrogen and oxygen atoms in total. The average molecular weight is 543 g/mol. The molecule has 0 aliphatic heterocycles. The molecule has 12 heteroatoms. The number of amides is 3. The van der Waals surface area contributed by atoms with Crippen LogP contribution < -0.4 is 15.4 Å². The number of aromatic hydroxyl groups is 1. The Kier molecular flexibility index (Phi) is 9.27. The van der Waals surface area contributed by atoms with Crippen LogP contribution in [0.2, 0.25) is 0 Å². The third-order valence-corrected chi connectivity index (χ3v) is 5.79. The number of anilines is 1. The van der Waals surface area contributed by atoms with E-state index in [4.69, 9.17) is 4.74 Å². The van der Waals surface area contributed by atoms with Gasteiger partial charge in [-0.25, -0.2) is 0 Å². The minimum Gasteiger partial charge on any atom is -0.505 e. The van der Waals surface area contributed by atoms with Gasteiger partial charge in [0.05, 0.1) is 24.3 Å². The quantitative estimate of drug-likeness (QED) is 0.0907. The zero-order valence-electron chi connectivity index (χ0n) is 21.3. The van der Waals surface area contributed by atoms with E-state index in [0.29, 0.717) is 12.4 Å². The number of para-hydroxylation sites is 1. The number of phenols is 1. The molecule has 0 saturated heterocycles.